The number of carboxylic acid groups (broad SMARTS) is 1. The smallest absolute Gasteiger partial charge is 0.337 e. The fourth-order valence-electron chi connectivity index (χ4n) is 1.57. The molecule has 0 fully saturated rings. The zero-order valence-corrected chi connectivity index (χ0v) is 12.4. The molecular formula is C13H17NO5S. The Bertz CT molecular complexity index is 504. The quantitative estimate of drug-likeness (QED) is 0.802. The molecule has 1 rings (SSSR count). The highest BCUT2D eigenvalue weighted by Gasteiger charge is 2.17. The fraction of sp³-hybridized carbons (Fsp3) is 0.385. The average molecular weight is 299 g/mol. The summed E-state index contributed by atoms with van der Waals surface area (Å²) in [5, 5.41) is 11.8. The van der Waals surface area contributed by atoms with Crippen LogP contribution in [0.5, 0.6) is 11.5 Å². The van der Waals surface area contributed by atoms with Gasteiger partial charge in [0.1, 0.15) is 0 Å². The highest BCUT2D eigenvalue weighted by atomic mass is 32.2. The van der Waals surface area contributed by atoms with Gasteiger partial charge < -0.3 is 19.9 Å². The number of carboxylic acids is 1. The lowest BCUT2D eigenvalue weighted by molar-refractivity contribution is -0.115. The molecule has 0 aliphatic rings. The van der Waals surface area contributed by atoms with E-state index in [2.05, 4.69) is 5.32 Å². The highest BCUT2D eigenvalue weighted by molar-refractivity contribution is 7.98. The van der Waals surface area contributed by atoms with Gasteiger partial charge in [0, 0.05) is 24.3 Å². The molecule has 20 heavy (non-hydrogen) atoms. The molecule has 6 nitrogen and oxygen atoms in total. The van der Waals surface area contributed by atoms with E-state index < -0.39 is 5.97 Å². The van der Waals surface area contributed by atoms with Crippen LogP contribution in [-0.4, -0.2) is 43.2 Å². The van der Waals surface area contributed by atoms with Crippen LogP contribution in [0.25, 0.3) is 0 Å². The van der Waals surface area contributed by atoms with Crippen molar-refractivity contribution in [2.45, 2.75) is 6.42 Å². The van der Waals surface area contributed by atoms with E-state index in [1.54, 1.807) is 11.8 Å². The zero-order chi connectivity index (χ0) is 15.1. The second-order valence-corrected chi connectivity index (χ2v) is 4.83. The standard InChI is InChI=1S/C13H17NO5S/c1-18-10-6-8(13(16)17)9(7-11(10)19-2)14-12(15)4-5-20-3/h6-7H,4-5H2,1-3H3,(H,14,15)(H,16,17). The SMILES string of the molecule is COc1cc(NC(=O)CCSC)c(C(=O)O)cc1OC. The topological polar surface area (TPSA) is 84.9 Å². The van der Waals surface area contributed by atoms with Crippen molar-refractivity contribution in [2.75, 3.05) is 31.5 Å². The van der Waals surface area contributed by atoms with Crippen LogP contribution in [0.1, 0.15) is 16.8 Å². The minimum Gasteiger partial charge on any atom is -0.493 e. The van der Waals surface area contributed by atoms with Crippen LogP contribution < -0.4 is 14.8 Å². The number of hydrogen-bond donors (Lipinski definition) is 2. The number of carbonyl (C=O) groups is 2. The summed E-state index contributed by atoms with van der Waals surface area (Å²) in [5.74, 6) is -0.0634. The predicted molar refractivity (Wildman–Crippen MR) is 78.1 cm³/mol. The Hall–Kier alpha value is -1.89. The summed E-state index contributed by atoms with van der Waals surface area (Å²) >= 11 is 1.54. The molecule has 0 saturated heterocycles. The van der Waals surface area contributed by atoms with Crippen molar-refractivity contribution in [3.05, 3.63) is 17.7 Å². The second kappa shape index (κ2) is 7.64. The maximum Gasteiger partial charge on any atom is 0.337 e. The van der Waals surface area contributed by atoms with Gasteiger partial charge in [0.25, 0.3) is 0 Å². The molecule has 0 aliphatic carbocycles. The summed E-state index contributed by atoms with van der Waals surface area (Å²) in [5.41, 5.74) is 0.154. The molecular weight excluding hydrogens is 282 g/mol. The van der Waals surface area contributed by atoms with Crippen LogP contribution in [0.3, 0.4) is 0 Å². The lowest BCUT2D eigenvalue weighted by Gasteiger charge is -2.13. The van der Waals surface area contributed by atoms with Crippen LogP contribution in [-0.2, 0) is 4.79 Å². The van der Waals surface area contributed by atoms with E-state index in [9.17, 15) is 14.7 Å². The summed E-state index contributed by atoms with van der Waals surface area (Å²) in [6, 6.07) is 2.77. The number of ether oxygens (including phenoxy) is 2. The first-order chi connectivity index (χ1) is 9.53. The van der Waals surface area contributed by atoms with Crippen LogP contribution in [0.4, 0.5) is 5.69 Å². The molecule has 0 radical (unpaired) electrons. The highest BCUT2D eigenvalue weighted by Crippen LogP contribution is 2.33. The maximum atomic E-state index is 11.7. The Morgan fingerprint density at radius 3 is 2.35 bits per heavy atom. The van der Waals surface area contributed by atoms with Crippen molar-refractivity contribution in [3.63, 3.8) is 0 Å². The summed E-state index contributed by atoms with van der Waals surface area (Å²) in [6.07, 6.45) is 2.21. The monoisotopic (exact) mass is 299 g/mol. The molecule has 0 aromatic heterocycles. The van der Waals surface area contributed by atoms with Gasteiger partial charge in [-0.2, -0.15) is 11.8 Å². The van der Waals surface area contributed by atoms with Gasteiger partial charge in [-0.25, -0.2) is 4.79 Å². The molecule has 1 aromatic rings. The number of amides is 1. The van der Waals surface area contributed by atoms with Crippen molar-refractivity contribution in [3.8, 4) is 11.5 Å². The van der Waals surface area contributed by atoms with Gasteiger partial charge in [-0.15, -0.1) is 0 Å². The first kappa shape index (κ1) is 16.2. The third-order valence-corrected chi connectivity index (χ3v) is 3.17. The summed E-state index contributed by atoms with van der Waals surface area (Å²) in [4.78, 5) is 22.9. The van der Waals surface area contributed by atoms with Crippen molar-refractivity contribution < 1.29 is 24.2 Å². The number of carbonyl (C=O) groups excluding carboxylic acids is 1. The molecule has 1 aromatic carbocycles. The Balaban J connectivity index is 3.09. The number of nitrogens with one attached hydrogen (secondary N) is 1. The molecule has 0 aliphatic heterocycles. The predicted octanol–water partition coefficient (Wildman–Crippen LogP) is 2.09. The third kappa shape index (κ3) is 4.06. The van der Waals surface area contributed by atoms with E-state index in [-0.39, 0.29) is 17.2 Å². The Morgan fingerprint density at radius 2 is 1.85 bits per heavy atom. The Morgan fingerprint density at radius 1 is 1.25 bits per heavy atom. The molecule has 7 heteroatoms. The fourth-order valence-corrected chi connectivity index (χ4v) is 1.96. The zero-order valence-electron chi connectivity index (χ0n) is 11.6. The average Bonchev–Trinajstić information content (AvgIpc) is 2.44. The third-order valence-electron chi connectivity index (χ3n) is 2.56. The van der Waals surface area contributed by atoms with Crippen LogP contribution in [0.2, 0.25) is 0 Å². The van der Waals surface area contributed by atoms with Gasteiger partial charge in [-0.3, -0.25) is 4.79 Å². The minimum absolute atomic E-state index is 0.0415. The van der Waals surface area contributed by atoms with Gasteiger partial charge in [0.05, 0.1) is 25.5 Å². The van der Waals surface area contributed by atoms with Crippen molar-refractivity contribution in [1.82, 2.24) is 0 Å². The normalized spacial score (nSPS) is 9.95. The molecule has 0 saturated carbocycles. The number of anilines is 1. The van der Waals surface area contributed by atoms with E-state index in [0.717, 1.165) is 0 Å². The lowest BCUT2D eigenvalue weighted by atomic mass is 10.1. The van der Waals surface area contributed by atoms with E-state index in [4.69, 9.17) is 9.47 Å². The minimum atomic E-state index is -1.15. The van der Waals surface area contributed by atoms with Crippen molar-refractivity contribution in [2.24, 2.45) is 0 Å². The first-order valence-corrected chi connectivity index (χ1v) is 7.21. The van der Waals surface area contributed by atoms with Crippen molar-refractivity contribution >= 4 is 29.3 Å². The summed E-state index contributed by atoms with van der Waals surface area (Å²) in [7, 11) is 2.86. The van der Waals surface area contributed by atoms with Gasteiger partial charge in [0.2, 0.25) is 5.91 Å². The van der Waals surface area contributed by atoms with Gasteiger partial charge in [-0.05, 0) is 6.26 Å². The van der Waals surface area contributed by atoms with E-state index in [0.29, 0.717) is 23.7 Å². The Kier molecular flexibility index (Phi) is 6.17. The molecule has 0 unspecified atom stereocenters. The molecule has 1 amide bonds. The number of rotatable bonds is 7. The molecule has 0 heterocycles. The number of hydrogen-bond acceptors (Lipinski definition) is 5. The van der Waals surface area contributed by atoms with Gasteiger partial charge >= 0.3 is 5.97 Å². The Labute approximate surface area is 121 Å². The maximum absolute atomic E-state index is 11.7. The largest absolute Gasteiger partial charge is 0.493 e. The van der Waals surface area contributed by atoms with Crippen molar-refractivity contribution in [1.29, 1.82) is 0 Å². The molecule has 0 bridgehead atoms. The van der Waals surface area contributed by atoms with Gasteiger partial charge in [-0.1, -0.05) is 0 Å². The summed E-state index contributed by atoms with van der Waals surface area (Å²) < 4.78 is 10.1. The second-order valence-electron chi connectivity index (χ2n) is 3.85. The van der Waals surface area contributed by atoms with E-state index in [1.807, 2.05) is 6.26 Å². The number of thioether (sulfide) groups is 1. The number of aromatic carboxylic acids is 1. The molecule has 0 atom stereocenters. The lowest BCUT2D eigenvalue weighted by Crippen LogP contribution is -2.15. The molecule has 0 spiro atoms. The summed E-state index contributed by atoms with van der Waals surface area (Å²) in [6.45, 7) is 0. The number of benzene rings is 1. The molecule has 110 valence electrons. The van der Waals surface area contributed by atoms with Crippen LogP contribution in [0.15, 0.2) is 12.1 Å². The van der Waals surface area contributed by atoms with Crippen LogP contribution >= 0.6 is 11.8 Å². The van der Waals surface area contributed by atoms with E-state index in [1.165, 1.54) is 26.4 Å². The van der Waals surface area contributed by atoms with Crippen LogP contribution in [0, 0.1) is 0 Å². The van der Waals surface area contributed by atoms with E-state index >= 15 is 0 Å². The number of methoxy groups -OCH3 is 2. The molecule has 2 N–H and O–H groups in total. The first-order valence-electron chi connectivity index (χ1n) is 5.81. The van der Waals surface area contributed by atoms with Gasteiger partial charge in [0.15, 0.2) is 11.5 Å².